The van der Waals surface area contributed by atoms with Crippen molar-refractivity contribution >= 4 is 11.4 Å². The fourth-order valence-electron chi connectivity index (χ4n) is 1.64. The zero-order valence-electron chi connectivity index (χ0n) is 10.2. The lowest BCUT2D eigenvalue weighted by atomic mass is 10.0. The summed E-state index contributed by atoms with van der Waals surface area (Å²) in [5, 5.41) is 3.35. The van der Waals surface area contributed by atoms with Crippen molar-refractivity contribution in [3.05, 3.63) is 23.8 Å². The van der Waals surface area contributed by atoms with E-state index in [1.54, 1.807) is 0 Å². The maximum Gasteiger partial charge on any atom is 0.0367 e. The molecule has 1 rings (SSSR count). The van der Waals surface area contributed by atoms with Gasteiger partial charge < -0.3 is 11.1 Å². The van der Waals surface area contributed by atoms with Crippen molar-refractivity contribution < 1.29 is 0 Å². The van der Waals surface area contributed by atoms with Crippen LogP contribution in [0, 0.1) is 5.92 Å². The first-order chi connectivity index (χ1) is 6.99. The number of benzene rings is 1. The highest BCUT2D eigenvalue weighted by molar-refractivity contribution is 5.59. The number of nitrogens with two attached hydrogens (primary N) is 1. The van der Waals surface area contributed by atoms with Crippen LogP contribution in [0.25, 0.3) is 0 Å². The van der Waals surface area contributed by atoms with Crippen molar-refractivity contribution in [3.8, 4) is 0 Å². The van der Waals surface area contributed by atoms with E-state index in [-0.39, 0.29) is 0 Å². The molecule has 0 saturated heterocycles. The van der Waals surface area contributed by atoms with Gasteiger partial charge in [-0.2, -0.15) is 0 Å². The third-order valence-electron chi connectivity index (χ3n) is 2.23. The molecule has 0 aliphatic rings. The summed E-state index contributed by atoms with van der Waals surface area (Å²) in [6.07, 6.45) is 1.05. The number of rotatable bonds is 4. The van der Waals surface area contributed by atoms with Crippen LogP contribution in [0.15, 0.2) is 18.2 Å². The first kappa shape index (κ1) is 11.9. The Balaban J connectivity index is 2.78. The number of nitrogens with one attached hydrogen (secondary N) is 1. The SMILES string of the molecule is CC(C)Cc1ccc(NC(C)C)cc1N. The number of nitrogen functional groups attached to an aromatic ring is 1. The summed E-state index contributed by atoms with van der Waals surface area (Å²) in [6.45, 7) is 8.66. The summed E-state index contributed by atoms with van der Waals surface area (Å²) < 4.78 is 0. The van der Waals surface area contributed by atoms with Gasteiger partial charge in [-0.15, -0.1) is 0 Å². The lowest BCUT2D eigenvalue weighted by molar-refractivity contribution is 0.648. The molecule has 0 spiro atoms. The molecule has 0 amide bonds. The summed E-state index contributed by atoms with van der Waals surface area (Å²) in [5.74, 6) is 0.649. The molecule has 15 heavy (non-hydrogen) atoms. The summed E-state index contributed by atoms with van der Waals surface area (Å²) in [4.78, 5) is 0. The minimum absolute atomic E-state index is 0.445. The first-order valence-electron chi connectivity index (χ1n) is 5.64. The second-order valence-electron chi connectivity index (χ2n) is 4.81. The average molecular weight is 206 g/mol. The molecule has 2 nitrogen and oxygen atoms in total. The van der Waals surface area contributed by atoms with Gasteiger partial charge in [0.05, 0.1) is 0 Å². The van der Waals surface area contributed by atoms with E-state index >= 15 is 0 Å². The van der Waals surface area contributed by atoms with E-state index in [2.05, 4.69) is 45.1 Å². The van der Waals surface area contributed by atoms with Crippen LogP contribution in [0.4, 0.5) is 11.4 Å². The van der Waals surface area contributed by atoms with Gasteiger partial charge in [0.15, 0.2) is 0 Å². The Morgan fingerprint density at radius 1 is 1.20 bits per heavy atom. The molecule has 0 aliphatic carbocycles. The molecule has 0 atom stereocenters. The highest BCUT2D eigenvalue weighted by atomic mass is 14.9. The third-order valence-corrected chi connectivity index (χ3v) is 2.23. The standard InChI is InChI=1S/C13H22N2/c1-9(2)7-11-5-6-12(8-13(11)14)15-10(3)4/h5-6,8-10,15H,7,14H2,1-4H3. The van der Waals surface area contributed by atoms with E-state index in [1.165, 1.54) is 5.56 Å². The van der Waals surface area contributed by atoms with Gasteiger partial charge in [0.1, 0.15) is 0 Å². The first-order valence-corrected chi connectivity index (χ1v) is 5.64. The molecule has 1 aromatic rings. The van der Waals surface area contributed by atoms with E-state index in [4.69, 9.17) is 5.73 Å². The van der Waals surface area contributed by atoms with Crippen molar-refractivity contribution in [2.75, 3.05) is 11.1 Å². The van der Waals surface area contributed by atoms with Crippen LogP contribution in [-0.4, -0.2) is 6.04 Å². The second kappa shape index (κ2) is 5.06. The van der Waals surface area contributed by atoms with Gasteiger partial charge >= 0.3 is 0 Å². The van der Waals surface area contributed by atoms with E-state index in [1.807, 2.05) is 6.07 Å². The Bertz CT molecular complexity index is 316. The molecule has 0 bridgehead atoms. The smallest absolute Gasteiger partial charge is 0.0367 e. The summed E-state index contributed by atoms with van der Waals surface area (Å²) >= 11 is 0. The van der Waals surface area contributed by atoms with Crippen LogP contribution >= 0.6 is 0 Å². The third kappa shape index (κ3) is 3.82. The molecule has 0 unspecified atom stereocenters. The van der Waals surface area contributed by atoms with Gasteiger partial charge in [-0.05, 0) is 43.9 Å². The highest BCUT2D eigenvalue weighted by Gasteiger charge is 2.03. The van der Waals surface area contributed by atoms with Crippen LogP contribution in [0.3, 0.4) is 0 Å². The lowest BCUT2D eigenvalue weighted by Gasteiger charge is -2.13. The van der Waals surface area contributed by atoms with Crippen LogP contribution < -0.4 is 11.1 Å². The van der Waals surface area contributed by atoms with E-state index in [0.29, 0.717) is 12.0 Å². The van der Waals surface area contributed by atoms with Gasteiger partial charge in [-0.25, -0.2) is 0 Å². The molecule has 1 aromatic carbocycles. The second-order valence-corrected chi connectivity index (χ2v) is 4.81. The Kier molecular flexibility index (Phi) is 4.01. The monoisotopic (exact) mass is 206 g/mol. The molecule has 0 aromatic heterocycles. The molecular formula is C13H22N2. The van der Waals surface area contributed by atoms with E-state index in [0.717, 1.165) is 17.8 Å². The Labute approximate surface area is 92.9 Å². The molecule has 0 saturated carbocycles. The minimum atomic E-state index is 0.445. The van der Waals surface area contributed by atoms with Crippen LogP contribution in [0.2, 0.25) is 0 Å². The highest BCUT2D eigenvalue weighted by Crippen LogP contribution is 2.21. The fraction of sp³-hybridized carbons (Fsp3) is 0.538. The Hall–Kier alpha value is -1.18. The topological polar surface area (TPSA) is 38.0 Å². The fourth-order valence-corrected chi connectivity index (χ4v) is 1.64. The van der Waals surface area contributed by atoms with Crippen LogP contribution in [0.1, 0.15) is 33.3 Å². The number of hydrogen-bond acceptors (Lipinski definition) is 2. The largest absolute Gasteiger partial charge is 0.398 e. The summed E-state index contributed by atoms with van der Waals surface area (Å²) in [6, 6.07) is 6.70. The van der Waals surface area contributed by atoms with Gasteiger partial charge in [0.2, 0.25) is 0 Å². The van der Waals surface area contributed by atoms with Gasteiger partial charge in [-0.3, -0.25) is 0 Å². The molecule has 3 N–H and O–H groups in total. The van der Waals surface area contributed by atoms with Crippen LogP contribution in [0.5, 0.6) is 0 Å². The Morgan fingerprint density at radius 3 is 2.33 bits per heavy atom. The number of anilines is 2. The minimum Gasteiger partial charge on any atom is -0.398 e. The quantitative estimate of drug-likeness (QED) is 0.742. The molecule has 0 radical (unpaired) electrons. The van der Waals surface area contributed by atoms with Crippen molar-refractivity contribution in [2.45, 2.75) is 40.2 Å². The van der Waals surface area contributed by atoms with Crippen molar-refractivity contribution in [1.29, 1.82) is 0 Å². The van der Waals surface area contributed by atoms with Crippen molar-refractivity contribution in [3.63, 3.8) is 0 Å². The molecule has 84 valence electrons. The zero-order valence-corrected chi connectivity index (χ0v) is 10.2. The Morgan fingerprint density at radius 2 is 1.87 bits per heavy atom. The van der Waals surface area contributed by atoms with Crippen LogP contribution in [-0.2, 0) is 6.42 Å². The van der Waals surface area contributed by atoms with Gasteiger partial charge in [-0.1, -0.05) is 19.9 Å². The maximum atomic E-state index is 6.01. The normalized spacial score (nSPS) is 11.1. The molecular weight excluding hydrogens is 184 g/mol. The summed E-state index contributed by atoms with van der Waals surface area (Å²) in [5.41, 5.74) is 9.26. The van der Waals surface area contributed by atoms with E-state index < -0.39 is 0 Å². The molecule has 0 heterocycles. The molecule has 2 heteroatoms. The van der Waals surface area contributed by atoms with Gasteiger partial charge in [0.25, 0.3) is 0 Å². The van der Waals surface area contributed by atoms with Gasteiger partial charge in [0, 0.05) is 17.4 Å². The van der Waals surface area contributed by atoms with Crippen molar-refractivity contribution in [1.82, 2.24) is 0 Å². The maximum absolute atomic E-state index is 6.01. The van der Waals surface area contributed by atoms with E-state index in [9.17, 15) is 0 Å². The lowest BCUT2D eigenvalue weighted by Crippen LogP contribution is -2.10. The molecule has 0 fully saturated rings. The van der Waals surface area contributed by atoms with Crippen molar-refractivity contribution in [2.24, 2.45) is 5.92 Å². The predicted molar refractivity (Wildman–Crippen MR) is 68.2 cm³/mol. The zero-order chi connectivity index (χ0) is 11.4. The predicted octanol–water partition coefficient (Wildman–Crippen LogP) is 3.29. The number of hydrogen-bond donors (Lipinski definition) is 2. The summed E-state index contributed by atoms with van der Waals surface area (Å²) in [7, 11) is 0. The molecule has 0 aliphatic heterocycles. The average Bonchev–Trinajstić information content (AvgIpc) is 2.08.